The third-order valence-electron chi connectivity index (χ3n) is 5.23. The molecule has 2 heterocycles. The Balaban J connectivity index is 1.55. The Hall–Kier alpha value is -3.16. The fourth-order valence-electron chi connectivity index (χ4n) is 3.74. The molecule has 0 unspecified atom stereocenters. The highest BCUT2D eigenvalue weighted by Crippen LogP contribution is 2.37. The lowest BCUT2D eigenvalue weighted by molar-refractivity contribution is -0.113. The summed E-state index contributed by atoms with van der Waals surface area (Å²) in [5.41, 5.74) is 3.33. The van der Waals surface area contributed by atoms with Gasteiger partial charge >= 0.3 is 0 Å². The second kappa shape index (κ2) is 8.41. The van der Waals surface area contributed by atoms with Crippen LogP contribution in [0.2, 0.25) is 0 Å². The highest BCUT2D eigenvalue weighted by atomic mass is 79.9. The van der Waals surface area contributed by atoms with Gasteiger partial charge in [0.1, 0.15) is 5.82 Å². The van der Waals surface area contributed by atoms with Crippen LogP contribution in [-0.4, -0.2) is 15.7 Å². The average Bonchev–Trinajstić information content (AvgIpc) is 3.26. The predicted octanol–water partition coefficient (Wildman–Crippen LogP) is 6.83. The van der Waals surface area contributed by atoms with Gasteiger partial charge in [-0.1, -0.05) is 46.3 Å². The second-order valence-corrected chi connectivity index (χ2v) is 9.26. The molecule has 0 radical (unpaired) electrons. The number of halogens is 2. The van der Waals surface area contributed by atoms with E-state index in [0.717, 1.165) is 38.3 Å². The zero-order valence-electron chi connectivity index (χ0n) is 16.7. The van der Waals surface area contributed by atoms with Gasteiger partial charge in [-0.2, -0.15) is 0 Å². The predicted molar refractivity (Wildman–Crippen MR) is 130 cm³/mol. The Bertz CT molecular complexity index is 1380. The van der Waals surface area contributed by atoms with E-state index >= 15 is 0 Å². The maximum atomic E-state index is 13.3. The number of para-hydroxylation sites is 1. The molecule has 0 atom stereocenters. The number of amides is 2. The summed E-state index contributed by atoms with van der Waals surface area (Å²) in [6.07, 6.45) is 3.72. The number of anilines is 1. The number of carbonyl (C=O) groups is 2. The molecule has 1 fully saturated rings. The minimum absolute atomic E-state index is 0.273. The SMILES string of the molecule is O=C1S/C(=C\c2cn(Cc3ccc(F)cc3)c3ccc(Br)cc23)C(=O)N1c1ccccc1. The highest BCUT2D eigenvalue weighted by Gasteiger charge is 2.36. The van der Waals surface area contributed by atoms with E-state index in [1.54, 1.807) is 42.5 Å². The van der Waals surface area contributed by atoms with Crippen molar-refractivity contribution >= 4 is 61.5 Å². The normalized spacial score (nSPS) is 15.3. The van der Waals surface area contributed by atoms with Gasteiger partial charge in [0, 0.05) is 33.7 Å². The van der Waals surface area contributed by atoms with Crippen molar-refractivity contribution in [3.05, 3.63) is 105 Å². The van der Waals surface area contributed by atoms with Gasteiger partial charge in [-0.15, -0.1) is 0 Å². The maximum absolute atomic E-state index is 13.3. The molecule has 0 saturated carbocycles. The van der Waals surface area contributed by atoms with Crippen molar-refractivity contribution in [2.75, 3.05) is 4.90 Å². The van der Waals surface area contributed by atoms with Crippen molar-refractivity contribution < 1.29 is 14.0 Å². The van der Waals surface area contributed by atoms with E-state index in [2.05, 4.69) is 20.5 Å². The van der Waals surface area contributed by atoms with E-state index in [9.17, 15) is 14.0 Å². The van der Waals surface area contributed by atoms with Gasteiger partial charge in [0.05, 0.1) is 10.6 Å². The van der Waals surface area contributed by atoms with Crippen molar-refractivity contribution in [1.82, 2.24) is 4.57 Å². The number of aromatic nitrogens is 1. The summed E-state index contributed by atoms with van der Waals surface area (Å²) in [4.78, 5) is 27.2. The topological polar surface area (TPSA) is 42.3 Å². The Morgan fingerprint density at radius 1 is 0.969 bits per heavy atom. The van der Waals surface area contributed by atoms with Crippen LogP contribution in [0.3, 0.4) is 0 Å². The number of hydrogen-bond donors (Lipinski definition) is 0. The van der Waals surface area contributed by atoms with E-state index in [4.69, 9.17) is 0 Å². The van der Waals surface area contributed by atoms with E-state index in [-0.39, 0.29) is 17.0 Å². The molecule has 2 amide bonds. The molecule has 0 spiro atoms. The van der Waals surface area contributed by atoms with Crippen LogP contribution >= 0.6 is 27.7 Å². The quantitative estimate of drug-likeness (QED) is 0.285. The van der Waals surface area contributed by atoms with Gasteiger partial charge < -0.3 is 4.57 Å². The van der Waals surface area contributed by atoms with Crippen LogP contribution in [0.5, 0.6) is 0 Å². The summed E-state index contributed by atoms with van der Waals surface area (Å²) in [6.45, 7) is 0.553. The minimum Gasteiger partial charge on any atom is -0.342 e. The van der Waals surface area contributed by atoms with Gasteiger partial charge in [0.25, 0.3) is 11.1 Å². The second-order valence-electron chi connectivity index (χ2n) is 7.35. The van der Waals surface area contributed by atoms with Crippen molar-refractivity contribution in [2.45, 2.75) is 6.54 Å². The summed E-state index contributed by atoms with van der Waals surface area (Å²) in [5.74, 6) is -0.606. The lowest BCUT2D eigenvalue weighted by atomic mass is 10.1. The monoisotopic (exact) mass is 506 g/mol. The van der Waals surface area contributed by atoms with E-state index in [1.807, 2.05) is 30.5 Å². The molecule has 1 saturated heterocycles. The van der Waals surface area contributed by atoms with Crippen molar-refractivity contribution in [3.63, 3.8) is 0 Å². The maximum Gasteiger partial charge on any atom is 0.298 e. The number of carbonyl (C=O) groups excluding carboxylic acids is 2. The fourth-order valence-corrected chi connectivity index (χ4v) is 4.93. The third kappa shape index (κ3) is 3.89. The van der Waals surface area contributed by atoms with E-state index < -0.39 is 0 Å². The number of fused-ring (bicyclic) bond motifs is 1. The van der Waals surface area contributed by atoms with Gasteiger partial charge in [-0.25, -0.2) is 9.29 Å². The first-order chi connectivity index (χ1) is 15.5. The highest BCUT2D eigenvalue weighted by molar-refractivity contribution is 9.10. The van der Waals surface area contributed by atoms with Crippen LogP contribution in [0.1, 0.15) is 11.1 Å². The first-order valence-electron chi connectivity index (χ1n) is 9.85. The first kappa shape index (κ1) is 20.7. The molecular formula is C25H16BrFN2O2S. The number of nitrogens with zero attached hydrogens (tertiary/aromatic N) is 2. The molecule has 7 heteroatoms. The standard InChI is InChI=1S/C25H16BrFN2O2S/c26-18-8-11-22-21(13-18)17(15-28(22)14-16-6-9-19(27)10-7-16)12-23-24(30)29(25(31)32-23)20-4-2-1-3-5-20/h1-13,15H,14H2/b23-12-. The van der Waals surface area contributed by atoms with Crippen LogP contribution < -0.4 is 4.90 Å². The van der Waals surface area contributed by atoms with Gasteiger partial charge in [0.15, 0.2) is 0 Å². The van der Waals surface area contributed by atoms with Crippen molar-refractivity contribution in [2.24, 2.45) is 0 Å². The van der Waals surface area contributed by atoms with Gasteiger partial charge in [0.2, 0.25) is 0 Å². The molecule has 158 valence electrons. The van der Waals surface area contributed by atoms with Crippen LogP contribution in [0.25, 0.3) is 17.0 Å². The Morgan fingerprint density at radius 2 is 1.72 bits per heavy atom. The number of rotatable bonds is 4. The van der Waals surface area contributed by atoms with Crippen LogP contribution in [0.15, 0.2) is 88.4 Å². The molecule has 0 bridgehead atoms. The molecule has 0 aliphatic carbocycles. The van der Waals surface area contributed by atoms with Gasteiger partial charge in [-0.05, 0) is 65.9 Å². The van der Waals surface area contributed by atoms with E-state index in [1.165, 1.54) is 17.0 Å². The fraction of sp³-hybridized carbons (Fsp3) is 0.0400. The molecular weight excluding hydrogens is 491 g/mol. The van der Waals surface area contributed by atoms with Crippen LogP contribution in [0, 0.1) is 5.82 Å². The molecule has 3 aromatic carbocycles. The van der Waals surface area contributed by atoms with Crippen LogP contribution in [-0.2, 0) is 11.3 Å². The van der Waals surface area contributed by atoms with Gasteiger partial charge in [-0.3, -0.25) is 9.59 Å². The molecule has 1 aliphatic rings. The Labute approximate surface area is 196 Å². The summed E-state index contributed by atoms with van der Waals surface area (Å²) < 4.78 is 16.3. The summed E-state index contributed by atoms with van der Waals surface area (Å²) in [5, 5.41) is 0.636. The van der Waals surface area contributed by atoms with Crippen molar-refractivity contribution in [1.29, 1.82) is 0 Å². The number of thioether (sulfide) groups is 1. The first-order valence-corrected chi connectivity index (χ1v) is 11.5. The average molecular weight is 507 g/mol. The molecule has 4 aromatic rings. The Kier molecular flexibility index (Phi) is 5.45. The minimum atomic E-state index is -0.333. The molecule has 1 aliphatic heterocycles. The summed E-state index contributed by atoms with van der Waals surface area (Å²) >= 11 is 4.45. The Morgan fingerprint density at radius 3 is 2.47 bits per heavy atom. The van der Waals surface area contributed by atoms with Crippen molar-refractivity contribution in [3.8, 4) is 0 Å². The molecule has 4 nitrogen and oxygen atoms in total. The zero-order chi connectivity index (χ0) is 22.2. The number of imide groups is 1. The third-order valence-corrected chi connectivity index (χ3v) is 6.60. The van der Waals surface area contributed by atoms with Crippen LogP contribution in [0.4, 0.5) is 14.9 Å². The molecule has 0 N–H and O–H groups in total. The summed E-state index contributed by atoms with van der Waals surface area (Å²) in [7, 11) is 0. The van der Waals surface area contributed by atoms with E-state index in [0.29, 0.717) is 17.1 Å². The molecule has 1 aromatic heterocycles. The molecule has 32 heavy (non-hydrogen) atoms. The zero-order valence-corrected chi connectivity index (χ0v) is 19.1. The lowest BCUT2D eigenvalue weighted by Crippen LogP contribution is -2.27. The number of benzene rings is 3. The number of hydrogen-bond acceptors (Lipinski definition) is 3. The molecule has 5 rings (SSSR count). The summed E-state index contributed by atoms with van der Waals surface area (Å²) in [6, 6.07) is 21.2. The largest absolute Gasteiger partial charge is 0.342 e. The lowest BCUT2D eigenvalue weighted by Gasteiger charge is -2.11. The smallest absolute Gasteiger partial charge is 0.298 e.